The van der Waals surface area contributed by atoms with Gasteiger partial charge in [-0.05, 0) is 60.2 Å². The molecule has 3 aromatic carbocycles. The van der Waals surface area contributed by atoms with Gasteiger partial charge < -0.3 is 14.4 Å². The van der Waals surface area contributed by atoms with Crippen LogP contribution in [0.4, 0.5) is 15.8 Å². The van der Waals surface area contributed by atoms with E-state index >= 15 is 0 Å². The topological polar surface area (TPSA) is 42.0 Å². The monoisotopic (exact) mass is 528 g/mol. The number of carbonyl (C=O) groups is 1. The van der Waals surface area contributed by atoms with Gasteiger partial charge in [0.2, 0.25) is 0 Å². The fraction of sp³-hybridized carbons (Fsp3) is 0.154. The van der Waals surface area contributed by atoms with Crippen LogP contribution in [0.2, 0.25) is 5.02 Å². The second-order valence-electron chi connectivity index (χ2n) is 7.83. The molecule has 9 heteroatoms. The summed E-state index contributed by atoms with van der Waals surface area (Å²) < 4.78 is 25.8. The van der Waals surface area contributed by atoms with Crippen molar-refractivity contribution in [3.05, 3.63) is 87.5 Å². The second kappa shape index (κ2) is 10.7. The Morgan fingerprint density at radius 1 is 1.11 bits per heavy atom. The number of thioether (sulfide) groups is 1. The zero-order valence-electron chi connectivity index (χ0n) is 19.2. The minimum absolute atomic E-state index is 0.0730. The van der Waals surface area contributed by atoms with Crippen LogP contribution < -0.4 is 19.3 Å². The van der Waals surface area contributed by atoms with Crippen molar-refractivity contribution in [2.45, 2.75) is 6.61 Å². The SMILES string of the molecule is COc1ccc(/C=C2/SC(=S)N(c3ccc(N(C)C)cc3)C2=O)cc1OCc1c(F)cccc1Cl. The molecule has 0 unspecified atom stereocenters. The summed E-state index contributed by atoms with van der Waals surface area (Å²) in [6.45, 7) is -0.0730. The normalized spacial score (nSPS) is 14.5. The van der Waals surface area contributed by atoms with Gasteiger partial charge in [0.15, 0.2) is 15.8 Å². The van der Waals surface area contributed by atoms with E-state index < -0.39 is 5.82 Å². The average molecular weight is 529 g/mol. The molecule has 0 N–H and O–H groups in total. The highest BCUT2D eigenvalue weighted by Crippen LogP contribution is 2.38. The van der Waals surface area contributed by atoms with E-state index in [9.17, 15) is 9.18 Å². The van der Waals surface area contributed by atoms with E-state index in [-0.39, 0.29) is 23.1 Å². The Morgan fingerprint density at radius 2 is 1.86 bits per heavy atom. The number of methoxy groups -OCH3 is 1. The molecule has 0 aliphatic carbocycles. The first-order valence-electron chi connectivity index (χ1n) is 10.6. The van der Waals surface area contributed by atoms with Crippen LogP contribution in [-0.4, -0.2) is 31.4 Å². The zero-order valence-corrected chi connectivity index (χ0v) is 21.6. The van der Waals surface area contributed by atoms with Gasteiger partial charge >= 0.3 is 0 Å². The van der Waals surface area contributed by atoms with Crippen molar-refractivity contribution < 1.29 is 18.7 Å². The van der Waals surface area contributed by atoms with Crippen molar-refractivity contribution >= 4 is 63.3 Å². The number of hydrogen-bond donors (Lipinski definition) is 0. The molecule has 1 heterocycles. The fourth-order valence-corrected chi connectivity index (χ4v) is 4.97. The summed E-state index contributed by atoms with van der Waals surface area (Å²) in [6, 6.07) is 17.3. The molecule has 1 aliphatic heterocycles. The van der Waals surface area contributed by atoms with Gasteiger partial charge in [0, 0.05) is 25.3 Å². The number of anilines is 2. The lowest BCUT2D eigenvalue weighted by atomic mass is 10.1. The maximum Gasteiger partial charge on any atom is 0.270 e. The summed E-state index contributed by atoms with van der Waals surface area (Å²) in [5.41, 5.74) is 2.70. The zero-order chi connectivity index (χ0) is 25.1. The average Bonchev–Trinajstić information content (AvgIpc) is 3.11. The highest BCUT2D eigenvalue weighted by molar-refractivity contribution is 8.27. The first-order chi connectivity index (χ1) is 16.8. The lowest BCUT2D eigenvalue weighted by Gasteiger charge is -2.17. The van der Waals surface area contributed by atoms with Crippen LogP contribution in [0, 0.1) is 5.82 Å². The molecular weight excluding hydrogens is 507 g/mol. The van der Waals surface area contributed by atoms with Crippen molar-refractivity contribution in [1.29, 1.82) is 0 Å². The number of halogens is 2. The Bertz CT molecular complexity index is 1290. The van der Waals surface area contributed by atoms with Crippen molar-refractivity contribution in [3.8, 4) is 11.5 Å². The lowest BCUT2D eigenvalue weighted by Crippen LogP contribution is -2.27. The maximum atomic E-state index is 14.1. The van der Waals surface area contributed by atoms with Gasteiger partial charge in [0.1, 0.15) is 12.4 Å². The summed E-state index contributed by atoms with van der Waals surface area (Å²) >= 11 is 12.8. The summed E-state index contributed by atoms with van der Waals surface area (Å²) in [7, 11) is 5.43. The number of carbonyl (C=O) groups excluding carboxylic acids is 1. The minimum Gasteiger partial charge on any atom is -0.493 e. The number of rotatable bonds is 7. The van der Waals surface area contributed by atoms with Gasteiger partial charge in [-0.25, -0.2) is 4.39 Å². The molecule has 1 amide bonds. The Kier molecular flexibility index (Phi) is 7.64. The van der Waals surface area contributed by atoms with Gasteiger partial charge in [-0.2, -0.15) is 0 Å². The van der Waals surface area contributed by atoms with Gasteiger partial charge in [-0.3, -0.25) is 9.69 Å². The molecule has 1 saturated heterocycles. The van der Waals surface area contributed by atoms with Gasteiger partial charge in [-0.1, -0.05) is 47.7 Å². The summed E-state index contributed by atoms with van der Waals surface area (Å²) in [6.07, 6.45) is 1.75. The molecule has 0 radical (unpaired) electrons. The number of ether oxygens (including phenoxy) is 2. The van der Waals surface area contributed by atoms with Crippen molar-refractivity contribution in [2.75, 3.05) is 31.0 Å². The van der Waals surface area contributed by atoms with Crippen LogP contribution in [0.5, 0.6) is 11.5 Å². The molecule has 180 valence electrons. The molecule has 0 spiro atoms. The van der Waals surface area contributed by atoms with E-state index in [0.717, 1.165) is 5.69 Å². The predicted molar refractivity (Wildman–Crippen MR) is 145 cm³/mol. The molecule has 4 rings (SSSR count). The van der Waals surface area contributed by atoms with Gasteiger partial charge in [0.05, 0.1) is 22.7 Å². The third-order valence-corrected chi connectivity index (χ3v) is 6.99. The number of hydrogen-bond acceptors (Lipinski definition) is 6. The number of benzene rings is 3. The molecule has 3 aromatic rings. The number of nitrogens with zero attached hydrogens (tertiary/aromatic N) is 2. The molecule has 1 aliphatic rings. The molecule has 0 bridgehead atoms. The Labute approximate surface area is 218 Å². The summed E-state index contributed by atoms with van der Waals surface area (Å²) in [5, 5.41) is 0.280. The molecule has 0 atom stereocenters. The molecule has 35 heavy (non-hydrogen) atoms. The van der Waals surface area contributed by atoms with Gasteiger partial charge in [-0.15, -0.1) is 0 Å². The maximum absolute atomic E-state index is 14.1. The van der Waals surface area contributed by atoms with E-state index in [1.54, 1.807) is 30.3 Å². The van der Waals surface area contributed by atoms with Crippen molar-refractivity contribution in [1.82, 2.24) is 0 Å². The molecule has 5 nitrogen and oxygen atoms in total. The predicted octanol–water partition coefficient (Wildman–Crippen LogP) is 6.54. The molecular formula is C26H22ClFN2O3S2. The van der Waals surface area contributed by atoms with Gasteiger partial charge in [0.25, 0.3) is 5.91 Å². The third kappa shape index (κ3) is 5.45. The molecule has 1 fully saturated rings. The first kappa shape index (κ1) is 25.0. The van der Waals surface area contributed by atoms with Crippen molar-refractivity contribution in [3.63, 3.8) is 0 Å². The van der Waals surface area contributed by atoms with E-state index in [0.29, 0.717) is 32.0 Å². The van der Waals surface area contributed by atoms with Crippen LogP contribution >= 0.6 is 35.6 Å². The van der Waals surface area contributed by atoms with E-state index in [4.69, 9.17) is 33.3 Å². The largest absolute Gasteiger partial charge is 0.493 e. The number of thiocarbonyl (C=S) groups is 1. The highest BCUT2D eigenvalue weighted by Gasteiger charge is 2.33. The van der Waals surface area contributed by atoms with Crippen molar-refractivity contribution in [2.24, 2.45) is 0 Å². The number of amides is 1. The smallest absolute Gasteiger partial charge is 0.270 e. The minimum atomic E-state index is -0.449. The highest BCUT2D eigenvalue weighted by atomic mass is 35.5. The second-order valence-corrected chi connectivity index (χ2v) is 9.91. The van der Waals surface area contributed by atoms with E-state index in [1.165, 1.54) is 35.9 Å². The van der Waals surface area contributed by atoms with E-state index in [1.807, 2.05) is 43.3 Å². The van der Waals surface area contributed by atoms with Crippen LogP contribution in [0.25, 0.3) is 6.08 Å². The Morgan fingerprint density at radius 3 is 2.51 bits per heavy atom. The lowest BCUT2D eigenvalue weighted by molar-refractivity contribution is -0.113. The molecule has 0 aromatic heterocycles. The Balaban J connectivity index is 1.57. The third-order valence-electron chi connectivity index (χ3n) is 5.34. The van der Waals surface area contributed by atoms with Crippen LogP contribution in [0.3, 0.4) is 0 Å². The van der Waals surface area contributed by atoms with Crippen LogP contribution in [0.1, 0.15) is 11.1 Å². The van der Waals surface area contributed by atoms with Crippen LogP contribution in [0.15, 0.2) is 65.6 Å². The Hall–Kier alpha value is -3.07. The van der Waals surface area contributed by atoms with E-state index in [2.05, 4.69) is 0 Å². The van der Waals surface area contributed by atoms with Crippen LogP contribution in [-0.2, 0) is 11.4 Å². The quantitative estimate of drug-likeness (QED) is 0.256. The standard InChI is InChI=1S/C26H22ClFN2O3S2/c1-29(2)17-8-10-18(11-9-17)30-25(31)24(35-26(30)34)14-16-7-12-22(32-3)23(13-16)33-15-19-20(27)5-4-6-21(19)28/h4-14H,15H2,1-3H3/b24-14+. The fourth-order valence-electron chi connectivity index (χ4n) is 3.46. The molecule has 0 saturated carbocycles. The first-order valence-corrected chi connectivity index (χ1v) is 12.2. The summed E-state index contributed by atoms with van der Waals surface area (Å²) in [4.78, 5) is 17.1. The summed E-state index contributed by atoms with van der Waals surface area (Å²) in [5.74, 6) is 0.224.